The Morgan fingerprint density at radius 2 is 1.22 bits per heavy atom. The number of benzene rings is 5. The number of allylic oxidation sites excluding steroid dienone is 1. The maximum Gasteiger partial charge on any atom is 0.197 e. The van der Waals surface area contributed by atoms with Crippen molar-refractivity contribution < 1.29 is 9.59 Å². The largest absolute Gasteiger partial charge is 0.310 e. The fourth-order valence-electron chi connectivity index (χ4n) is 5.88. The third-order valence-corrected chi connectivity index (χ3v) is 7.89. The van der Waals surface area contributed by atoms with Crippen LogP contribution in [0.3, 0.4) is 0 Å². The third-order valence-electron chi connectivity index (χ3n) is 7.89. The van der Waals surface area contributed by atoms with Crippen molar-refractivity contribution in [1.29, 1.82) is 0 Å². The molecule has 2 aromatic heterocycles. The van der Waals surface area contributed by atoms with Crippen LogP contribution in [0.2, 0.25) is 0 Å². The van der Waals surface area contributed by atoms with E-state index in [0.29, 0.717) is 28.2 Å². The minimum atomic E-state index is -0.285. The minimum absolute atomic E-state index is 0.108. The molecule has 41 heavy (non-hydrogen) atoms. The van der Waals surface area contributed by atoms with Gasteiger partial charge in [0.25, 0.3) is 0 Å². The third kappa shape index (κ3) is 3.44. The summed E-state index contributed by atoms with van der Waals surface area (Å²) in [5.41, 5.74) is 4.12. The van der Waals surface area contributed by atoms with Crippen LogP contribution in [0.25, 0.3) is 56.0 Å². The lowest BCUT2D eigenvalue weighted by Crippen LogP contribution is -2.04. The summed E-state index contributed by atoms with van der Waals surface area (Å²) >= 11 is 0. The number of ketones is 2. The van der Waals surface area contributed by atoms with Crippen LogP contribution in [-0.2, 0) is 7.05 Å². The van der Waals surface area contributed by atoms with Crippen LogP contribution in [-0.4, -0.2) is 30.7 Å². The molecule has 0 spiro atoms. The van der Waals surface area contributed by atoms with Crippen LogP contribution in [0, 0.1) is 0 Å². The number of hydrogen-bond acceptors (Lipinski definition) is 4. The van der Waals surface area contributed by atoms with E-state index in [9.17, 15) is 9.59 Å². The van der Waals surface area contributed by atoms with Crippen LogP contribution in [0.4, 0.5) is 0 Å². The zero-order valence-electron chi connectivity index (χ0n) is 22.1. The van der Waals surface area contributed by atoms with E-state index in [1.54, 1.807) is 6.08 Å². The monoisotopic (exact) mass is 530 g/mol. The Bertz CT molecular complexity index is 2190. The van der Waals surface area contributed by atoms with Crippen molar-refractivity contribution in [3.8, 4) is 17.1 Å². The second-order valence-electron chi connectivity index (χ2n) is 10.3. The molecule has 1 aliphatic rings. The normalized spacial score (nSPS) is 13.0. The predicted octanol–water partition coefficient (Wildman–Crippen LogP) is 7.20. The van der Waals surface area contributed by atoms with Gasteiger partial charge in [-0.15, -0.1) is 0 Å². The first kappa shape index (κ1) is 23.3. The van der Waals surface area contributed by atoms with E-state index in [0.717, 1.165) is 38.6 Å². The number of para-hydroxylation sites is 1. The number of imidazole rings is 2. The van der Waals surface area contributed by atoms with Gasteiger partial charge in [0.05, 0.1) is 5.57 Å². The predicted molar refractivity (Wildman–Crippen MR) is 161 cm³/mol. The Morgan fingerprint density at radius 3 is 1.93 bits per heavy atom. The first-order valence-corrected chi connectivity index (χ1v) is 13.4. The average Bonchev–Trinajstić information content (AvgIpc) is 3.61. The molecule has 0 atom stereocenters. The molecule has 5 aromatic carbocycles. The van der Waals surface area contributed by atoms with Gasteiger partial charge in [0, 0.05) is 29.4 Å². The summed E-state index contributed by atoms with van der Waals surface area (Å²) < 4.78 is 3.88. The number of aromatic nitrogens is 4. The van der Waals surface area contributed by atoms with Crippen molar-refractivity contribution in [3.63, 3.8) is 0 Å². The summed E-state index contributed by atoms with van der Waals surface area (Å²) in [6, 6.07) is 35.6. The second-order valence-corrected chi connectivity index (χ2v) is 10.3. The van der Waals surface area contributed by atoms with Crippen molar-refractivity contribution in [3.05, 3.63) is 132 Å². The van der Waals surface area contributed by atoms with Gasteiger partial charge in [-0.05, 0) is 51.9 Å². The molecule has 194 valence electrons. The van der Waals surface area contributed by atoms with Crippen molar-refractivity contribution in [2.75, 3.05) is 0 Å². The van der Waals surface area contributed by atoms with E-state index in [1.807, 2.05) is 101 Å². The highest BCUT2D eigenvalue weighted by molar-refractivity contribution is 6.42. The Balaban J connectivity index is 1.34. The summed E-state index contributed by atoms with van der Waals surface area (Å²) in [6.45, 7) is 0. The number of carbonyl (C=O) groups excluding carboxylic acids is 2. The number of aryl methyl sites for hydroxylation is 1. The molecule has 0 radical (unpaired) electrons. The highest BCUT2D eigenvalue weighted by Gasteiger charge is 2.34. The van der Waals surface area contributed by atoms with Gasteiger partial charge in [-0.25, -0.2) is 9.97 Å². The van der Waals surface area contributed by atoms with Crippen LogP contribution >= 0.6 is 0 Å². The van der Waals surface area contributed by atoms with Crippen LogP contribution < -0.4 is 0 Å². The first-order chi connectivity index (χ1) is 20.1. The summed E-state index contributed by atoms with van der Waals surface area (Å²) in [5, 5.41) is 4.09. The number of nitrogens with zero attached hydrogens (tertiary/aromatic N) is 4. The van der Waals surface area contributed by atoms with Crippen LogP contribution in [0.15, 0.2) is 115 Å². The minimum Gasteiger partial charge on any atom is -0.310 e. The zero-order chi connectivity index (χ0) is 27.7. The maximum atomic E-state index is 13.5. The fraction of sp³-hybridized carbons (Fsp3) is 0.0286. The van der Waals surface area contributed by atoms with Gasteiger partial charge in [0.1, 0.15) is 11.6 Å². The maximum absolute atomic E-state index is 13.5. The number of fused-ring (bicyclic) bond motifs is 4. The Morgan fingerprint density at radius 1 is 0.610 bits per heavy atom. The Hall–Kier alpha value is -5.62. The Kier molecular flexibility index (Phi) is 4.94. The van der Waals surface area contributed by atoms with Gasteiger partial charge in [-0.1, -0.05) is 84.9 Å². The fourth-order valence-corrected chi connectivity index (χ4v) is 5.88. The van der Waals surface area contributed by atoms with E-state index in [-0.39, 0.29) is 17.1 Å². The van der Waals surface area contributed by atoms with Crippen LogP contribution in [0.5, 0.6) is 0 Å². The van der Waals surface area contributed by atoms with Crippen LogP contribution in [0.1, 0.15) is 26.5 Å². The average molecular weight is 531 g/mol. The van der Waals surface area contributed by atoms with E-state index < -0.39 is 0 Å². The van der Waals surface area contributed by atoms with Gasteiger partial charge in [-0.3, -0.25) is 14.2 Å². The molecule has 1 aliphatic carbocycles. The number of Topliss-reactive ketones (excluding diaryl/α,β-unsaturated/α-hetero) is 2. The summed E-state index contributed by atoms with van der Waals surface area (Å²) in [5.74, 6) is 0.691. The van der Waals surface area contributed by atoms with E-state index >= 15 is 0 Å². The Labute approximate surface area is 234 Å². The molecule has 0 saturated carbocycles. The first-order valence-electron chi connectivity index (χ1n) is 13.4. The van der Waals surface area contributed by atoms with E-state index in [2.05, 4.69) is 24.3 Å². The van der Waals surface area contributed by atoms with Crippen molar-refractivity contribution >= 4 is 50.5 Å². The molecule has 0 aliphatic heterocycles. The van der Waals surface area contributed by atoms with E-state index in [4.69, 9.17) is 9.97 Å². The van der Waals surface area contributed by atoms with Crippen molar-refractivity contribution in [2.45, 2.75) is 0 Å². The molecule has 0 fully saturated rings. The van der Waals surface area contributed by atoms with Crippen molar-refractivity contribution in [1.82, 2.24) is 19.1 Å². The smallest absolute Gasteiger partial charge is 0.197 e. The molecular formula is C35H22N4O2. The summed E-state index contributed by atoms with van der Waals surface area (Å²) in [7, 11) is 1.94. The molecule has 0 bridgehead atoms. The highest BCUT2D eigenvalue weighted by atomic mass is 16.2. The lowest BCUT2D eigenvalue weighted by Gasteiger charge is -2.08. The van der Waals surface area contributed by atoms with Crippen molar-refractivity contribution in [2.24, 2.45) is 7.05 Å². The van der Waals surface area contributed by atoms with Gasteiger partial charge in [0.2, 0.25) is 0 Å². The number of hydrogen-bond donors (Lipinski definition) is 0. The highest BCUT2D eigenvalue weighted by Crippen LogP contribution is 2.34. The molecule has 0 N–H and O–H groups in total. The van der Waals surface area contributed by atoms with Gasteiger partial charge in [-0.2, -0.15) is 0 Å². The molecule has 0 unspecified atom stereocenters. The molecule has 7 aromatic rings. The molecule has 0 saturated heterocycles. The van der Waals surface area contributed by atoms with Gasteiger partial charge < -0.3 is 4.57 Å². The molecule has 6 heteroatoms. The molecule has 8 rings (SSSR count). The standard InChI is InChI=1S/C35H22N4O2/c1-38-33(26-17-9-13-21-10-7-8-16-25(21)26)37-35-34(38)36-30(39(35)24-14-3-2-4-15-24)20-29-31(40)27-18-22-11-5-6-12-23(22)19-28(27)32(29)41/h2-20H,1H3. The lowest BCUT2D eigenvalue weighted by molar-refractivity contribution is 0.0990. The second kappa shape index (κ2) is 8.69. The zero-order valence-corrected chi connectivity index (χ0v) is 22.1. The number of carbonyl (C=O) groups is 2. The summed E-state index contributed by atoms with van der Waals surface area (Å²) in [6.07, 6.45) is 1.61. The lowest BCUT2D eigenvalue weighted by atomic mass is 10.0. The summed E-state index contributed by atoms with van der Waals surface area (Å²) in [4.78, 5) is 37.1. The number of rotatable bonds is 3. The topological polar surface area (TPSA) is 69.8 Å². The van der Waals surface area contributed by atoms with Gasteiger partial charge in [0.15, 0.2) is 22.9 Å². The SMILES string of the molecule is Cn1c(-c2cccc3ccccc23)nc2c1nc(C=C1C(=O)c3cc4ccccc4cc3C1=O)n2-c1ccccc1. The molecule has 2 heterocycles. The molecule has 6 nitrogen and oxygen atoms in total. The van der Waals surface area contributed by atoms with Gasteiger partial charge >= 0.3 is 0 Å². The quantitative estimate of drug-likeness (QED) is 0.179. The van der Waals surface area contributed by atoms with E-state index in [1.165, 1.54) is 0 Å². The molecular weight excluding hydrogens is 508 g/mol. The molecule has 0 amide bonds.